The molecule has 1 N–H and O–H groups in total. The van der Waals surface area contributed by atoms with Crippen molar-refractivity contribution < 1.29 is 13.2 Å². The van der Waals surface area contributed by atoms with Gasteiger partial charge in [-0.15, -0.1) is 0 Å². The Hall–Kier alpha value is -2.34. The van der Waals surface area contributed by atoms with Crippen molar-refractivity contribution in [3.05, 3.63) is 58.7 Å². The SMILES string of the molecule is COc1ccc(/C=N/NS(=O)(=O)c2c(C(C)C)cc(C(C)C)cc2C(C)C)cc1. The van der Waals surface area contributed by atoms with Gasteiger partial charge in [-0.1, -0.05) is 53.7 Å². The van der Waals surface area contributed by atoms with Gasteiger partial charge < -0.3 is 4.74 Å². The molecule has 0 aliphatic heterocycles. The van der Waals surface area contributed by atoms with E-state index in [4.69, 9.17) is 4.74 Å². The van der Waals surface area contributed by atoms with Gasteiger partial charge in [-0.25, -0.2) is 4.83 Å². The van der Waals surface area contributed by atoms with E-state index < -0.39 is 10.0 Å². The molecule has 0 aliphatic carbocycles. The van der Waals surface area contributed by atoms with Crippen LogP contribution in [-0.4, -0.2) is 21.7 Å². The number of hydrazone groups is 1. The van der Waals surface area contributed by atoms with Gasteiger partial charge in [0.2, 0.25) is 0 Å². The summed E-state index contributed by atoms with van der Waals surface area (Å²) in [6.07, 6.45) is 1.49. The molecule has 2 rings (SSSR count). The summed E-state index contributed by atoms with van der Waals surface area (Å²) in [5.41, 5.74) is 3.58. The number of methoxy groups -OCH3 is 1. The lowest BCUT2D eigenvalue weighted by Gasteiger charge is -2.22. The number of hydrogen-bond acceptors (Lipinski definition) is 4. The summed E-state index contributed by atoms with van der Waals surface area (Å²) >= 11 is 0. The molecule has 0 aromatic heterocycles. The van der Waals surface area contributed by atoms with Gasteiger partial charge >= 0.3 is 0 Å². The van der Waals surface area contributed by atoms with E-state index in [-0.39, 0.29) is 11.8 Å². The van der Waals surface area contributed by atoms with Crippen molar-refractivity contribution in [1.82, 2.24) is 4.83 Å². The minimum Gasteiger partial charge on any atom is -0.497 e. The first-order valence-electron chi connectivity index (χ1n) is 9.93. The minimum atomic E-state index is -3.81. The highest BCUT2D eigenvalue weighted by atomic mass is 32.2. The van der Waals surface area contributed by atoms with Gasteiger partial charge in [0.1, 0.15) is 5.75 Å². The van der Waals surface area contributed by atoms with E-state index in [0.717, 1.165) is 28.0 Å². The molecule has 0 bridgehead atoms. The maximum atomic E-state index is 13.2. The van der Waals surface area contributed by atoms with E-state index >= 15 is 0 Å². The zero-order valence-electron chi connectivity index (χ0n) is 18.4. The van der Waals surface area contributed by atoms with Crippen molar-refractivity contribution in [2.45, 2.75) is 64.2 Å². The lowest BCUT2D eigenvalue weighted by molar-refractivity contribution is 0.415. The molecule has 0 aliphatic rings. The fraction of sp³-hybridized carbons (Fsp3) is 0.435. The highest BCUT2D eigenvalue weighted by molar-refractivity contribution is 7.89. The minimum absolute atomic E-state index is 0.0725. The molecular formula is C23H32N2O3S. The second-order valence-electron chi connectivity index (χ2n) is 8.12. The summed E-state index contributed by atoms with van der Waals surface area (Å²) in [5, 5.41) is 4.00. The number of nitrogens with one attached hydrogen (secondary N) is 1. The van der Waals surface area contributed by atoms with Crippen LogP contribution in [0.15, 0.2) is 46.4 Å². The summed E-state index contributed by atoms with van der Waals surface area (Å²) in [4.78, 5) is 2.75. The molecule has 0 spiro atoms. The molecule has 2 aromatic rings. The van der Waals surface area contributed by atoms with Gasteiger partial charge in [0.05, 0.1) is 18.2 Å². The molecular weight excluding hydrogens is 384 g/mol. The Morgan fingerprint density at radius 2 is 1.41 bits per heavy atom. The van der Waals surface area contributed by atoms with Crippen molar-refractivity contribution in [2.75, 3.05) is 7.11 Å². The molecule has 0 heterocycles. The van der Waals surface area contributed by atoms with Crippen molar-refractivity contribution in [3.63, 3.8) is 0 Å². The van der Waals surface area contributed by atoms with E-state index in [2.05, 4.69) is 23.8 Å². The van der Waals surface area contributed by atoms with Gasteiger partial charge in [0.15, 0.2) is 0 Å². The van der Waals surface area contributed by atoms with Crippen molar-refractivity contribution in [1.29, 1.82) is 0 Å². The Kier molecular flexibility index (Phi) is 7.47. The standard InChI is InChI=1S/C23H32N2O3S/c1-15(2)19-12-21(16(3)4)23(22(13-19)17(5)6)29(26,27)25-24-14-18-8-10-20(28-7)11-9-18/h8-17,25H,1-7H3/b24-14+. The van der Waals surface area contributed by atoms with Gasteiger partial charge in [0.25, 0.3) is 10.0 Å². The van der Waals surface area contributed by atoms with Gasteiger partial charge in [-0.05, 0) is 64.3 Å². The number of rotatable bonds is 8. The molecule has 6 heteroatoms. The van der Waals surface area contributed by atoms with Crippen molar-refractivity contribution in [3.8, 4) is 5.75 Å². The lowest BCUT2D eigenvalue weighted by atomic mass is 9.89. The average Bonchev–Trinajstić information content (AvgIpc) is 2.67. The van der Waals surface area contributed by atoms with Crippen LogP contribution in [0.5, 0.6) is 5.75 Å². The lowest BCUT2D eigenvalue weighted by Crippen LogP contribution is -2.23. The molecule has 158 valence electrons. The zero-order valence-corrected chi connectivity index (χ0v) is 19.2. The van der Waals surface area contributed by atoms with E-state index in [1.807, 2.05) is 52.0 Å². The summed E-state index contributed by atoms with van der Waals surface area (Å²) in [6, 6.07) is 11.3. The van der Waals surface area contributed by atoms with Crippen LogP contribution in [0.3, 0.4) is 0 Å². The average molecular weight is 417 g/mol. The molecule has 2 aromatic carbocycles. The number of benzene rings is 2. The Labute approximate surface area is 175 Å². The van der Waals surface area contributed by atoms with Gasteiger partial charge in [-0.3, -0.25) is 0 Å². The topological polar surface area (TPSA) is 67.8 Å². The number of hydrogen-bond donors (Lipinski definition) is 1. The monoisotopic (exact) mass is 416 g/mol. The van der Waals surface area contributed by atoms with Gasteiger partial charge in [-0.2, -0.15) is 13.5 Å². The van der Waals surface area contributed by atoms with Crippen LogP contribution in [-0.2, 0) is 10.0 Å². The smallest absolute Gasteiger partial charge is 0.277 e. The fourth-order valence-corrected chi connectivity index (χ4v) is 4.60. The third-order valence-electron chi connectivity index (χ3n) is 4.85. The largest absolute Gasteiger partial charge is 0.497 e. The molecule has 0 radical (unpaired) electrons. The van der Waals surface area contributed by atoms with Crippen LogP contribution in [0.1, 0.15) is 81.5 Å². The second-order valence-corrected chi connectivity index (χ2v) is 9.72. The van der Waals surface area contributed by atoms with E-state index in [0.29, 0.717) is 10.8 Å². The molecule has 0 unspecified atom stereocenters. The number of sulfonamides is 1. The van der Waals surface area contributed by atoms with Crippen molar-refractivity contribution in [2.24, 2.45) is 5.10 Å². The quantitative estimate of drug-likeness (QED) is 0.464. The van der Waals surface area contributed by atoms with Crippen LogP contribution < -0.4 is 9.57 Å². The fourth-order valence-electron chi connectivity index (χ4n) is 3.11. The Bertz CT molecular complexity index is 931. The molecule has 0 saturated carbocycles. The first-order chi connectivity index (χ1) is 13.6. The summed E-state index contributed by atoms with van der Waals surface area (Å²) in [7, 11) is -2.21. The van der Waals surface area contributed by atoms with E-state index in [1.165, 1.54) is 6.21 Å². The Morgan fingerprint density at radius 1 is 0.897 bits per heavy atom. The van der Waals surface area contributed by atoms with Crippen LogP contribution in [0.2, 0.25) is 0 Å². The maximum Gasteiger partial charge on any atom is 0.277 e. The molecule has 0 amide bonds. The van der Waals surface area contributed by atoms with Crippen LogP contribution >= 0.6 is 0 Å². The molecule has 29 heavy (non-hydrogen) atoms. The first kappa shape index (κ1) is 22.9. The summed E-state index contributed by atoms with van der Waals surface area (Å²) < 4.78 is 31.5. The second kappa shape index (κ2) is 9.44. The molecule has 0 atom stereocenters. The Morgan fingerprint density at radius 3 is 1.83 bits per heavy atom. The maximum absolute atomic E-state index is 13.2. The normalized spacial score (nSPS) is 12.3. The third-order valence-corrected chi connectivity index (χ3v) is 6.21. The zero-order chi connectivity index (χ0) is 21.8. The third kappa shape index (κ3) is 5.60. The van der Waals surface area contributed by atoms with E-state index in [9.17, 15) is 8.42 Å². The van der Waals surface area contributed by atoms with Crippen LogP contribution in [0.25, 0.3) is 0 Å². The van der Waals surface area contributed by atoms with Crippen LogP contribution in [0.4, 0.5) is 0 Å². The molecule has 0 saturated heterocycles. The van der Waals surface area contributed by atoms with Crippen LogP contribution in [0, 0.1) is 0 Å². The number of nitrogens with zero attached hydrogens (tertiary/aromatic N) is 1. The summed E-state index contributed by atoms with van der Waals surface area (Å²) in [5.74, 6) is 1.20. The highest BCUT2D eigenvalue weighted by Gasteiger charge is 2.26. The number of ether oxygens (including phenoxy) is 1. The molecule has 5 nitrogen and oxygen atoms in total. The van der Waals surface area contributed by atoms with Crippen molar-refractivity contribution >= 4 is 16.2 Å². The summed E-state index contributed by atoms with van der Waals surface area (Å²) in [6.45, 7) is 12.3. The predicted molar refractivity (Wildman–Crippen MR) is 120 cm³/mol. The van der Waals surface area contributed by atoms with Gasteiger partial charge in [0, 0.05) is 0 Å². The highest BCUT2D eigenvalue weighted by Crippen LogP contribution is 2.35. The first-order valence-corrected chi connectivity index (χ1v) is 11.4. The predicted octanol–water partition coefficient (Wildman–Crippen LogP) is 5.38. The molecule has 0 fully saturated rings. The van der Waals surface area contributed by atoms with E-state index in [1.54, 1.807) is 19.2 Å². The Balaban J connectivity index is 2.45.